The standard InChI is InChI=1S/C11H10F4O3/c1-2-9(10(16)17)18-6-3-4-8(12)7(5-6)11(13,14)15/h3-5,9H,2H2,1H3,(H,16,17)/t9-/m0/s1. The molecule has 0 aromatic heterocycles. The molecule has 0 bridgehead atoms. The van der Waals surface area contributed by atoms with Crippen molar-refractivity contribution in [3.63, 3.8) is 0 Å². The summed E-state index contributed by atoms with van der Waals surface area (Å²) in [5.74, 6) is -3.06. The Hall–Kier alpha value is -1.79. The first-order valence-electron chi connectivity index (χ1n) is 5.02. The van der Waals surface area contributed by atoms with Gasteiger partial charge in [0.25, 0.3) is 0 Å². The normalized spacial score (nSPS) is 13.2. The average Bonchev–Trinajstić information content (AvgIpc) is 2.25. The van der Waals surface area contributed by atoms with Crippen LogP contribution >= 0.6 is 0 Å². The van der Waals surface area contributed by atoms with E-state index in [9.17, 15) is 22.4 Å². The third-order valence-corrected chi connectivity index (χ3v) is 2.17. The third-order valence-electron chi connectivity index (χ3n) is 2.17. The summed E-state index contributed by atoms with van der Waals surface area (Å²) in [6.45, 7) is 1.51. The minimum absolute atomic E-state index is 0.0774. The predicted octanol–water partition coefficient (Wildman–Crippen LogP) is 3.09. The van der Waals surface area contributed by atoms with Crippen LogP contribution in [-0.2, 0) is 11.0 Å². The van der Waals surface area contributed by atoms with E-state index >= 15 is 0 Å². The number of halogens is 4. The molecule has 0 saturated carbocycles. The van der Waals surface area contributed by atoms with Crippen LogP contribution in [0.3, 0.4) is 0 Å². The Kier molecular flexibility index (Phi) is 4.15. The summed E-state index contributed by atoms with van der Waals surface area (Å²) in [5, 5.41) is 8.70. The van der Waals surface area contributed by atoms with E-state index in [2.05, 4.69) is 0 Å². The quantitative estimate of drug-likeness (QED) is 0.852. The first kappa shape index (κ1) is 14.3. The molecule has 0 radical (unpaired) electrons. The van der Waals surface area contributed by atoms with Crippen LogP contribution in [0.5, 0.6) is 5.75 Å². The largest absolute Gasteiger partial charge is 0.479 e. The molecule has 0 unspecified atom stereocenters. The number of alkyl halides is 3. The first-order chi connectivity index (χ1) is 8.25. The number of aliphatic carboxylic acids is 1. The second-order valence-corrected chi connectivity index (χ2v) is 3.49. The van der Waals surface area contributed by atoms with Gasteiger partial charge >= 0.3 is 12.1 Å². The van der Waals surface area contributed by atoms with Crippen LogP contribution in [0.4, 0.5) is 17.6 Å². The van der Waals surface area contributed by atoms with Crippen LogP contribution in [0.25, 0.3) is 0 Å². The van der Waals surface area contributed by atoms with Gasteiger partial charge in [0.05, 0.1) is 5.56 Å². The highest BCUT2D eigenvalue weighted by Crippen LogP contribution is 2.33. The van der Waals surface area contributed by atoms with Gasteiger partial charge in [-0.1, -0.05) is 6.92 Å². The Morgan fingerprint density at radius 2 is 2.06 bits per heavy atom. The van der Waals surface area contributed by atoms with Crippen LogP contribution < -0.4 is 4.74 Å². The Morgan fingerprint density at radius 1 is 1.44 bits per heavy atom. The van der Waals surface area contributed by atoms with Crippen LogP contribution in [0, 0.1) is 5.82 Å². The number of hydrogen-bond acceptors (Lipinski definition) is 2. The highest BCUT2D eigenvalue weighted by molar-refractivity contribution is 5.72. The lowest BCUT2D eigenvalue weighted by Gasteiger charge is -2.15. The minimum Gasteiger partial charge on any atom is -0.479 e. The van der Waals surface area contributed by atoms with Crippen LogP contribution in [0.2, 0.25) is 0 Å². The number of benzene rings is 1. The maximum absolute atomic E-state index is 13.0. The molecule has 1 aromatic rings. The summed E-state index contributed by atoms with van der Waals surface area (Å²) in [6, 6.07) is 1.99. The van der Waals surface area contributed by atoms with Crippen molar-refractivity contribution < 1.29 is 32.2 Å². The van der Waals surface area contributed by atoms with Crippen molar-refractivity contribution in [3.05, 3.63) is 29.6 Å². The zero-order valence-electron chi connectivity index (χ0n) is 9.29. The maximum Gasteiger partial charge on any atom is 0.419 e. The van der Waals surface area contributed by atoms with Crippen LogP contribution in [-0.4, -0.2) is 17.2 Å². The number of carboxylic acid groups (broad SMARTS) is 1. The Labute approximate surface area is 100.0 Å². The van der Waals surface area contributed by atoms with Gasteiger partial charge in [-0.05, 0) is 24.6 Å². The van der Waals surface area contributed by atoms with Gasteiger partial charge in [-0.25, -0.2) is 9.18 Å². The summed E-state index contributed by atoms with van der Waals surface area (Å²) < 4.78 is 55.0. The van der Waals surface area contributed by atoms with Gasteiger partial charge in [0.1, 0.15) is 11.6 Å². The maximum atomic E-state index is 13.0. The topological polar surface area (TPSA) is 46.5 Å². The van der Waals surface area contributed by atoms with E-state index in [1.807, 2.05) is 0 Å². The summed E-state index contributed by atoms with van der Waals surface area (Å²) in [7, 11) is 0. The van der Waals surface area contributed by atoms with Gasteiger partial charge in [0.2, 0.25) is 0 Å². The molecule has 1 aromatic carbocycles. The van der Waals surface area contributed by atoms with Gasteiger partial charge < -0.3 is 9.84 Å². The highest BCUT2D eigenvalue weighted by Gasteiger charge is 2.34. The summed E-state index contributed by atoms with van der Waals surface area (Å²) >= 11 is 0. The number of ether oxygens (including phenoxy) is 1. The fourth-order valence-corrected chi connectivity index (χ4v) is 1.27. The fourth-order valence-electron chi connectivity index (χ4n) is 1.27. The van der Waals surface area contributed by atoms with E-state index in [0.717, 1.165) is 6.07 Å². The molecular weight excluding hydrogens is 256 g/mol. The molecule has 0 aliphatic heterocycles. The molecular formula is C11H10F4O3. The second kappa shape index (κ2) is 5.24. The predicted molar refractivity (Wildman–Crippen MR) is 53.7 cm³/mol. The lowest BCUT2D eigenvalue weighted by Crippen LogP contribution is -2.26. The van der Waals surface area contributed by atoms with Crippen molar-refractivity contribution in [2.45, 2.75) is 25.6 Å². The minimum atomic E-state index is -4.85. The zero-order valence-corrected chi connectivity index (χ0v) is 9.29. The van der Waals surface area contributed by atoms with Gasteiger partial charge in [-0.15, -0.1) is 0 Å². The van der Waals surface area contributed by atoms with E-state index in [4.69, 9.17) is 9.84 Å². The molecule has 1 atom stereocenters. The zero-order chi connectivity index (χ0) is 13.9. The van der Waals surface area contributed by atoms with E-state index in [-0.39, 0.29) is 12.2 Å². The third kappa shape index (κ3) is 3.35. The van der Waals surface area contributed by atoms with Gasteiger partial charge in [0, 0.05) is 0 Å². The molecule has 0 amide bonds. The molecule has 0 saturated heterocycles. The lowest BCUT2D eigenvalue weighted by molar-refractivity contribution is -0.145. The van der Waals surface area contributed by atoms with Crippen molar-refractivity contribution in [3.8, 4) is 5.75 Å². The molecule has 1 rings (SSSR count). The number of carboxylic acids is 1. The Balaban J connectivity index is 3.02. The molecule has 0 fully saturated rings. The molecule has 0 aliphatic rings. The highest BCUT2D eigenvalue weighted by atomic mass is 19.4. The summed E-state index contributed by atoms with van der Waals surface area (Å²) in [6.07, 6.45) is -6.04. The number of hydrogen-bond donors (Lipinski definition) is 1. The number of carbonyl (C=O) groups is 1. The van der Waals surface area contributed by atoms with Crippen molar-refractivity contribution in [1.82, 2.24) is 0 Å². The Bertz CT molecular complexity index is 442. The Morgan fingerprint density at radius 3 is 2.50 bits per heavy atom. The van der Waals surface area contributed by atoms with Crippen molar-refractivity contribution in [1.29, 1.82) is 0 Å². The van der Waals surface area contributed by atoms with E-state index in [1.54, 1.807) is 0 Å². The molecule has 0 spiro atoms. The molecule has 0 heterocycles. The van der Waals surface area contributed by atoms with E-state index in [0.29, 0.717) is 12.1 Å². The van der Waals surface area contributed by atoms with E-state index in [1.165, 1.54) is 6.92 Å². The second-order valence-electron chi connectivity index (χ2n) is 3.49. The van der Waals surface area contributed by atoms with Crippen LogP contribution in [0.15, 0.2) is 18.2 Å². The molecule has 18 heavy (non-hydrogen) atoms. The number of rotatable bonds is 4. The SMILES string of the molecule is CC[C@H](Oc1ccc(F)c(C(F)(F)F)c1)C(=O)O. The average molecular weight is 266 g/mol. The van der Waals surface area contributed by atoms with Crippen molar-refractivity contribution in [2.24, 2.45) is 0 Å². The molecule has 7 heteroatoms. The smallest absolute Gasteiger partial charge is 0.419 e. The fraction of sp³-hybridized carbons (Fsp3) is 0.364. The van der Waals surface area contributed by atoms with Crippen LogP contribution in [0.1, 0.15) is 18.9 Å². The van der Waals surface area contributed by atoms with Crippen molar-refractivity contribution in [2.75, 3.05) is 0 Å². The summed E-state index contributed by atoms with van der Waals surface area (Å²) in [5.41, 5.74) is -1.49. The first-order valence-corrected chi connectivity index (χ1v) is 5.02. The van der Waals surface area contributed by atoms with Crippen molar-refractivity contribution >= 4 is 5.97 Å². The lowest BCUT2D eigenvalue weighted by atomic mass is 10.2. The summed E-state index contributed by atoms with van der Waals surface area (Å²) in [4.78, 5) is 10.7. The van der Waals surface area contributed by atoms with E-state index < -0.39 is 29.6 Å². The van der Waals surface area contributed by atoms with Gasteiger partial charge in [-0.3, -0.25) is 0 Å². The molecule has 3 nitrogen and oxygen atoms in total. The molecule has 1 N–H and O–H groups in total. The van der Waals surface area contributed by atoms with Gasteiger partial charge in [0.15, 0.2) is 6.10 Å². The monoisotopic (exact) mass is 266 g/mol. The molecule has 0 aliphatic carbocycles. The molecule has 100 valence electrons. The van der Waals surface area contributed by atoms with Gasteiger partial charge in [-0.2, -0.15) is 13.2 Å².